The Labute approximate surface area is 142 Å². The molecule has 1 unspecified atom stereocenters. The maximum Gasteiger partial charge on any atom is 0.408 e. The van der Waals surface area contributed by atoms with Gasteiger partial charge in [0.25, 0.3) is 0 Å². The number of hydrogen-bond acceptors (Lipinski definition) is 2. The second kappa shape index (κ2) is 4.98. The summed E-state index contributed by atoms with van der Waals surface area (Å²) >= 11 is 0. The first-order chi connectivity index (χ1) is 7.68. The van der Waals surface area contributed by atoms with Crippen molar-refractivity contribution in [2.75, 3.05) is 0 Å². The van der Waals surface area contributed by atoms with Gasteiger partial charge in [-0.3, -0.25) is 0 Å². The molecule has 0 aliphatic carbocycles. The van der Waals surface area contributed by atoms with Crippen LogP contribution in [0.25, 0.3) is 11.1 Å². The molecule has 0 amide bonds. The number of benzene rings is 2. The van der Waals surface area contributed by atoms with Crippen LogP contribution in [0.5, 0.6) is 5.75 Å². The van der Waals surface area contributed by atoms with E-state index in [4.69, 9.17) is 4.52 Å². The molecule has 0 aromatic heterocycles. The Bertz CT molecular complexity index is 612. The van der Waals surface area contributed by atoms with Crippen LogP contribution in [0.2, 0.25) is 0 Å². The molecule has 1 radical (unpaired) electrons. The van der Waals surface area contributed by atoms with Crippen molar-refractivity contribution in [3.63, 3.8) is 0 Å². The molecule has 81 valence electrons. The van der Waals surface area contributed by atoms with Gasteiger partial charge in [0.2, 0.25) is 0 Å². The van der Waals surface area contributed by atoms with E-state index in [0.717, 1.165) is 11.1 Å². The minimum Gasteiger partial charge on any atom is -0.421 e. The van der Waals surface area contributed by atoms with Crippen LogP contribution in [0.1, 0.15) is 0 Å². The summed E-state index contributed by atoms with van der Waals surface area (Å²) in [5.74, 6) is 0.465. The number of fused-ring (bicyclic) bond motifs is 3. The van der Waals surface area contributed by atoms with Gasteiger partial charge in [-0.15, -0.1) is 0 Å². The van der Waals surface area contributed by atoms with E-state index in [1.165, 1.54) is 0 Å². The molecule has 5 heteroatoms. The van der Waals surface area contributed by atoms with Crippen molar-refractivity contribution in [3.05, 3.63) is 48.5 Å². The normalized spacial score (nSPS) is 20.5. The third-order valence-electron chi connectivity index (χ3n) is 2.61. The van der Waals surface area contributed by atoms with Gasteiger partial charge < -0.3 is 9.42 Å². The fourth-order valence-corrected chi connectivity index (χ4v) is 3.20. The number of hydrogen-bond donors (Lipinski definition) is 1. The fraction of sp³-hybridized carbons (Fsp3) is 0. The van der Waals surface area contributed by atoms with Crippen LogP contribution in [0.15, 0.2) is 48.5 Å². The van der Waals surface area contributed by atoms with Crippen LogP contribution < -0.4 is 9.83 Å². The first-order valence-electron chi connectivity index (χ1n) is 4.90. The van der Waals surface area contributed by atoms with Crippen molar-refractivity contribution >= 4 is 64.3 Å². The van der Waals surface area contributed by atoms with Gasteiger partial charge in [-0.25, -0.2) is 4.57 Å². The minimum absolute atomic E-state index is 0. The standard InChI is InChI=1S/C12H9O3P.K/c13-16(14)12-8-4-2-6-10(12)9-5-1-3-7-11(9)15-16;/h1-8H,(H,13,14);. The molecule has 0 saturated heterocycles. The predicted octanol–water partition coefficient (Wildman–Crippen LogP) is 2.18. The van der Waals surface area contributed by atoms with Crippen molar-refractivity contribution in [3.8, 4) is 16.9 Å². The topological polar surface area (TPSA) is 46.5 Å². The summed E-state index contributed by atoms with van der Waals surface area (Å²) in [6.45, 7) is 0. The van der Waals surface area contributed by atoms with Gasteiger partial charge in [0.15, 0.2) is 0 Å². The van der Waals surface area contributed by atoms with Gasteiger partial charge in [0.05, 0.1) is 5.30 Å². The smallest absolute Gasteiger partial charge is 0.408 e. The van der Waals surface area contributed by atoms with E-state index in [2.05, 4.69) is 0 Å². The molecule has 1 heterocycles. The van der Waals surface area contributed by atoms with E-state index in [1.807, 2.05) is 24.3 Å². The molecule has 2 aromatic carbocycles. The third kappa shape index (κ3) is 2.31. The average Bonchev–Trinajstić information content (AvgIpc) is 2.29. The Hall–Kier alpha value is 0.0664. The van der Waals surface area contributed by atoms with E-state index < -0.39 is 7.60 Å². The first kappa shape index (κ1) is 13.5. The minimum atomic E-state index is -3.71. The maximum absolute atomic E-state index is 12.0. The van der Waals surface area contributed by atoms with Gasteiger partial charge in [-0.05, 0) is 12.1 Å². The summed E-state index contributed by atoms with van der Waals surface area (Å²) in [5.41, 5.74) is 1.63. The van der Waals surface area contributed by atoms with Gasteiger partial charge in [0, 0.05) is 62.5 Å². The molecule has 1 atom stereocenters. The van der Waals surface area contributed by atoms with E-state index >= 15 is 0 Å². The SMILES string of the molecule is O=P1(O)Oc2ccccc2-c2ccccc21.[K]. The van der Waals surface area contributed by atoms with Crippen molar-refractivity contribution in [2.45, 2.75) is 0 Å². The molecule has 17 heavy (non-hydrogen) atoms. The molecule has 1 N–H and O–H groups in total. The Balaban J connectivity index is 0.00000108. The molecule has 2 aromatic rings. The molecule has 0 fully saturated rings. The Morgan fingerprint density at radius 2 is 1.53 bits per heavy atom. The molecule has 3 rings (SSSR count). The zero-order valence-corrected chi connectivity index (χ0v) is 13.3. The van der Waals surface area contributed by atoms with Crippen molar-refractivity contribution in [1.82, 2.24) is 0 Å². The van der Waals surface area contributed by atoms with Gasteiger partial charge in [-0.2, -0.15) is 0 Å². The van der Waals surface area contributed by atoms with Gasteiger partial charge in [-0.1, -0.05) is 36.4 Å². The molecular formula is C12H9KO3P. The molecule has 1 aliphatic rings. The molecule has 3 nitrogen and oxygen atoms in total. The molecule has 0 spiro atoms. The van der Waals surface area contributed by atoms with Crippen molar-refractivity contribution in [2.24, 2.45) is 0 Å². The summed E-state index contributed by atoms with van der Waals surface area (Å²) in [6, 6.07) is 14.3. The predicted molar refractivity (Wildman–Crippen MR) is 67.7 cm³/mol. The van der Waals surface area contributed by atoms with Crippen molar-refractivity contribution in [1.29, 1.82) is 0 Å². The van der Waals surface area contributed by atoms with Crippen LogP contribution in [0.4, 0.5) is 0 Å². The quantitative estimate of drug-likeness (QED) is 0.590. The van der Waals surface area contributed by atoms with Crippen LogP contribution in [0.3, 0.4) is 0 Å². The molecule has 0 bridgehead atoms. The summed E-state index contributed by atoms with van der Waals surface area (Å²) in [5, 5.41) is 0.369. The summed E-state index contributed by atoms with van der Waals surface area (Å²) < 4.78 is 17.1. The van der Waals surface area contributed by atoms with Crippen LogP contribution in [-0.2, 0) is 4.57 Å². The zero-order valence-electron chi connectivity index (χ0n) is 9.33. The molecule has 1 aliphatic heterocycles. The van der Waals surface area contributed by atoms with E-state index in [9.17, 15) is 9.46 Å². The fourth-order valence-electron chi connectivity index (χ4n) is 1.90. The van der Waals surface area contributed by atoms with Gasteiger partial charge in [0.1, 0.15) is 5.75 Å². The molecule has 0 saturated carbocycles. The van der Waals surface area contributed by atoms with Crippen LogP contribution in [-0.4, -0.2) is 56.3 Å². The average molecular weight is 271 g/mol. The molecular weight excluding hydrogens is 262 g/mol. The second-order valence-corrected chi connectivity index (χ2v) is 5.33. The van der Waals surface area contributed by atoms with E-state index in [0.29, 0.717) is 11.1 Å². The number of rotatable bonds is 0. The second-order valence-electron chi connectivity index (χ2n) is 3.63. The zero-order chi connectivity index (χ0) is 11.2. The maximum atomic E-state index is 12.0. The van der Waals surface area contributed by atoms with Crippen LogP contribution >= 0.6 is 7.60 Å². The van der Waals surface area contributed by atoms with Gasteiger partial charge >= 0.3 is 7.60 Å². The monoisotopic (exact) mass is 271 g/mol. The third-order valence-corrected chi connectivity index (χ3v) is 4.05. The summed E-state index contributed by atoms with van der Waals surface area (Å²) in [4.78, 5) is 9.81. The van der Waals surface area contributed by atoms with E-state index in [1.54, 1.807) is 24.3 Å². The van der Waals surface area contributed by atoms with E-state index in [-0.39, 0.29) is 51.4 Å². The van der Waals surface area contributed by atoms with Crippen LogP contribution in [0, 0.1) is 0 Å². The summed E-state index contributed by atoms with van der Waals surface area (Å²) in [7, 11) is -3.71. The Morgan fingerprint density at radius 1 is 0.941 bits per heavy atom. The largest absolute Gasteiger partial charge is 0.421 e. The van der Waals surface area contributed by atoms with Crippen molar-refractivity contribution < 1.29 is 14.0 Å². The Morgan fingerprint density at radius 3 is 2.29 bits per heavy atom. The Kier molecular flexibility index (Phi) is 3.95. The first-order valence-corrected chi connectivity index (χ1v) is 6.48. The number of para-hydroxylation sites is 1. The summed E-state index contributed by atoms with van der Waals surface area (Å²) in [6.07, 6.45) is 0.